The number of ether oxygens (including phenoxy) is 1. The first-order chi connectivity index (χ1) is 15.6. The van der Waals surface area contributed by atoms with Crippen LogP contribution in [0.5, 0.6) is 5.75 Å². The lowest BCUT2D eigenvalue weighted by Gasteiger charge is -2.12. The van der Waals surface area contributed by atoms with Gasteiger partial charge in [0.2, 0.25) is 5.91 Å². The van der Waals surface area contributed by atoms with E-state index in [1.165, 1.54) is 11.8 Å². The summed E-state index contributed by atoms with van der Waals surface area (Å²) in [5.41, 5.74) is 3.82. The van der Waals surface area contributed by atoms with E-state index in [-0.39, 0.29) is 11.7 Å². The average Bonchev–Trinajstić information content (AvgIpc) is 3.21. The third kappa shape index (κ3) is 5.18. The predicted octanol–water partition coefficient (Wildman–Crippen LogP) is 4.91. The SMILES string of the molecule is COc1ccc(C)cc1NC(=O)CSc1nnc(Cc2ccccc2)n1-c1ccccc1. The van der Waals surface area contributed by atoms with Gasteiger partial charge in [-0.3, -0.25) is 9.36 Å². The van der Waals surface area contributed by atoms with Crippen molar-refractivity contribution in [3.63, 3.8) is 0 Å². The molecule has 4 aromatic rings. The summed E-state index contributed by atoms with van der Waals surface area (Å²) in [6, 6.07) is 25.8. The normalized spacial score (nSPS) is 10.7. The number of rotatable bonds is 8. The van der Waals surface area contributed by atoms with E-state index in [0.29, 0.717) is 23.0 Å². The maximum atomic E-state index is 12.7. The van der Waals surface area contributed by atoms with E-state index in [4.69, 9.17) is 4.74 Å². The van der Waals surface area contributed by atoms with Crippen molar-refractivity contribution in [1.82, 2.24) is 14.8 Å². The Morgan fingerprint density at radius 1 is 1.00 bits per heavy atom. The van der Waals surface area contributed by atoms with Gasteiger partial charge in [0, 0.05) is 12.1 Å². The van der Waals surface area contributed by atoms with Crippen molar-refractivity contribution in [2.75, 3.05) is 18.2 Å². The fourth-order valence-corrected chi connectivity index (χ4v) is 4.13. The van der Waals surface area contributed by atoms with Gasteiger partial charge in [-0.25, -0.2) is 0 Å². The number of aromatic nitrogens is 3. The van der Waals surface area contributed by atoms with Crippen LogP contribution in [0, 0.1) is 6.92 Å². The van der Waals surface area contributed by atoms with Crippen LogP contribution in [0.2, 0.25) is 0 Å². The molecule has 0 atom stereocenters. The molecule has 0 saturated carbocycles. The highest BCUT2D eigenvalue weighted by molar-refractivity contribution is 7.99. The molecule has 7 heteroatoms. The zero-order valence-electron chi connectivity index (χ0n) is 18.0. The van der Waals surface area contributed by atoms with Crippen LogP contribution in [-0.2, 0) is 11.2 Å². The summed E-state index contributed by atoms with van der Waals surface area (Å²) >= 11 is 1.35. The number of amides is 1. The summed E-state index contributed by atoms with van der Waals surface area (Å²) < 4.78 is 7.36. The minimum absolute atomic E-state index is 0.133. The van der Waals surface area contributed by atoms with E-state index in [1.807, 2.05) is 78.2 Å². The molecule has 0 spiro atoms. The zero-order valence-corrected chi connectivity index (χ0v) is 18.8. The second kappa shape index (κ2) is 10.2. The number of carbonyl (C=O) groups is 1. The van der Waals surface area contributed by atoms with Crippen LogP contribution in [0.15, 0.2) is 84.0 Å². The van der Waals surface area contributed by atoms with Crippen LogP contribution in [0.25, 0.3) is 5.69 Å². The van der Waals surface area contributed by atoms with Crippen LogP contribution in [-0.4, -0.2) is 33.5 Å². The Kier molecular flexibility index (Phi) is 6.87. The number of nitrogens with one attached hydrogen (secondary N) is 1. The molecule has 0 aliphatic carbocycles. The summed E-state index contributed by atoms with van der Waals surface area (Å²) in [5.74, 6) is 1.52. The number of para-hydroxylation sites is 1. The van der Waals surface area contributed by atoms with E-state index in [0.717, 1.165) is 22.6 Å². The smallest absolute Gasteiger partial charge is 0.234 e. The fourth-order valence-electron chi connectivity index (χ4n) is 3.36. The monoisotopic (exact) mass is 444 g/mol. The summed E-state index contributed by atoms with van der Waals surface area (Å²) in [5, 5.41) is 12.4. The molecule has 0 unspecified atom stereocenters. The molecule has 3 aromatic carbocycles. The van der Waals surface area contributed by atoms with Gasteiger partial charge in [0.1, 0.15) is 11.6 Å². The van der Waals surface area contributed by atoms with Crippen LogP contribution < -0.4 is 10.1 Å². The number of nitrogens with zero attached hydrogens (tertiary/aromatic N) is 3. The predicted molar refractivity (Wildman–Crippen MR) is 128 cm³/mol. The molecule has 0 aliphatic heterocycles. The third-order valence-corrected chi connectivity index (χ3v) is 5.81. The number of thioether (sulfide) groups is 1. The Morgan fingerprint density at radius 3 is 2.44 bits per heavy atom. The third-order valence-electron chi connectivity index (χ3n) is 4.88. The van der Waals surface area contributed by atoms with Crippen molar-refractivity contribution >= 4 is 23.4 Å². The van der Waals surface area contributed by atoms with E-state index < -0.39 is 0 Å². The first-order valence-electron chi connectivity index (χ1n) is 10.2. The minimum atomic E-state index is -0.133. The molecule has 1 heterocycles. The Labute approximate surface area is 191 Å². The van der Waals surface area contributed by atoms with Gasteiger partial charge in [0.15, 0.2) is 5.16 Å². The second-order valence-electron chi connectivity index (χ2n) is 7.27. The number of aryl methyl sites for hydroxylation is 1. The maximum Gasteiger partial charge on any atom is 0.234 e. The Balaban J connectivity index is 1.53. The van der Waals surface area contributed by atoms with Gasteiger partial charge in [-0.2, -0.15) is 0 Å². The highest BCUT2D eigenvalue weighted by Gasteiger charge is 2.17. The Bertz CT molecular complexity index is 1190. The molecular weight excluding hydrogens is 420 g/mol. The summed E-state index contributed by atoms with van der Waals surface area (Å²) in [6.45, 7) is 1.97. The van der Waals surface area contributed by atoms with Gasteiger partial charge in [-0.1, -0.05) is 66.4 Å². The molecule has 32 heavy (non-hydrogen) atoms. The van der Waals surface area contributed by atoms with Gasteiger partial charge in [0.05, 0.1) is 18.6 Å². The fraction of sp³-hybridized carbons (Fsp3) is 0.160. The van der Waals surface area contributed by atoms with Crippen LogP contribution >= 0.6 is 11.8 Å². The number of hydrogen-bond donors (Lipinski definition) is 1. The molecule has 6 nitrogen and oxygen atoms in total. The second-order valence-corrected chi connectivity index (χ2v) is 8.22. The van der Waals surface area contributed by atoms with Crippen molar-refractivity contribution in [2.24, 2.45) is 0 Å². The number of methoxy groups -OCH3 is 1. The zero-order chi connectivity index (χ0) is 22.3. The molecule has 0 saturated heterocycles. The van der Waals surface area contributed by atoms with E-state index in [1.54, 1.807) is 7.11 Å². The number of hydrogen-bond acceptors (Lipinski definition) is 5. The Hall–Kier alpha value is -3.58. The molecule has 0 bridgehead atoms. The van der Waals surface area contributed by atoms with Gasteiger partial charge < -0.3 is 10.1 Å². The lowest BCUT2D eigenvalue weighted by atomic mass is 10.1. The Morgan fingerprint density at radius 2 is 1.72 bits per heavy atom. The van der Waals surface area contributed by atoms with Gasteiger partial charge in [-0.15, -0.1) is 10.2 Å². The van der Waals surface area contributed by atoms with Crippen LogP contribution in [0.1, 0.15) is 17.0 Å². The molecule has 1 amide bonds. The van der Waals surface area contributed by atoms with Gasteiger partial charge >= 0.3 is 0 Å². The first-order valence-corrected chi connectivity index (χ1v) is 11.2. The highest BCUT2D eigenvalue weighted by Crippen LogP contribution is 2.27. The molecule has 4 rings (SSSR count). The molecule has 0 radical (unpaired) electrons. The average molecular weight is 445 g/mol. The minimum Gasteiger partial charge on any atom is -0.495 e. The van der Waals surface area contributed by atoms with Gasteiger partial charge in [0.25, 0.3) is 0 Å². The van der Waals surface area contributed by atoms with Crippen molar-refractivity contribution in [1.29, 1.82) is 0 Å². The van der Waals surface area contributed by atoms with Crippen LogP contribution in [0.4, 0.5) is 5.69 Å². The van der Waals surface area contributed by atoms with Crippen molar-refractivity contribution in [3.05, 3.63) is 95.8 Å². The number of carbonyl (C=O) groups excluding carboxylic acids is 1. The topological polar surface area (TPSA) is 69.0 Å². The summed E-state index contributed by atoms with van der Waals surface area (Å²) in [6.07, 6.45) is 0.649. The van der Waals surface area contributed by atoms with Crippen molar-refractivity contribution < 1.29 is 9.53 Å². The standard InChI is InChI=1S/C25H24N4O2S/c1-18-13-14-22(31-2)21(15-18)26-24(30)17-32-25-28-27-23(16-19-9-5-3-6-10-19)29(25)20-11-7-4-8-12-20/h3-15H,16-17H2,1-2H3,(H,26,30). The molecular formula is C25H24N4O2S. The molecule has 1 N–H and O–H groups in total. The quantitative estimate of drug-likeness (QED) is 0.391. The summed E-state index contributed by atoms with van der Waals surface area (Å²) in [4.78, 5) is 12.7. The van der Waals surface area contributed by atoms with Crippen molar-refractivity contribution in [2.45, 2.75) is 18.5 Å². The van der Waals surface area contributed by atoms with Gasteiger partial charge in [-0.05, 0) is 42.3 Å². The largest absolute Gasteiger partial charge is 0.495 e. The van der Waals surface area contributed by atoms with Crippen molar-refractivity contribution in [3.8, 4) is 11.4 Å². The maximum absolute atomic E-state index is 12.7. The van der Waals surface area contributed by atoms with E-state index >= 15 is 0 Å². The molecule has 0 aliphatic rings. The van der Waals surface area contributed by atoms with Crippen LogP contribution in [0.3, 0.4) is 0 Å². The summed E-state index contributed by atoms with van der Waals surface area (Å²) in [7, 11) is 1.59. The molecule has 162 valence electrons. The molecule has 0 fully saturated rings. The number of anilines is 1. The lowest BCUT2D eigenvalue weighted by Crippen LogP contribution is -2.15. The highest BCUT2D eigenvalue weighted by atomic mass is 32.2. The van der Waals surface area contributed by atoms with E-state index in [9.17, 15) is 4.79 Å². The first kappa shape index (κ1) is 21.6. The molecule has 1 aromatic heterocycles. The lowest BCUT2D eigenvalue weighted by molar-refractivity contribution is -0.113. The number of benzene rings is 3. The van der Waals surface area contributed by atoms with E-state index in [2.05, 4.69) is 27.6 Å².